The smallest absolute Gasteiger partial charge is 0.419 e. The van der Waals surface area contributed by atoms with E-state index in [1.807, 2.05) is 0 Å². The molecule has 1 aromatic carbocycles. The van der Waals surface area contributed by atoms with E-state index in [0.29, 0.717) is 0 Å². The van der Waals surface area contributed by atoms with Gasteiger partial charge < -0.3 is 10.2 Å². The molecule has 0 aliphatic carbocycles. The van der Waals surface area contributed by atoms with Gasteiger partial charge in [0.1, 0.15) is 5.75 Å². The van der Waals surface area contributed by atoms with Gasteiger partial charge in [0.15, 0.2) is 0 Å². The van der Waals surface area contributed by atoms with Crippen LogP contribution >= 0.6 is 0 Å². The van der Waals surface area contributed by atoms with Crippen LogP contribution in [0.5, 0.6) is 5.75 Å². The molecule has 0 aliphatic rings. The summed E-state index contributed by atoms with van der Waals surface area (Å²) in [6.45, 7) is -1.34. The van der Waals surface area contributed by atoms with E-state index >= 15 is 0 Å². The summed E-state index contributed by atoms with van der Waals surface area (Å²) in [5.41, 5.74) is -4.30. The summed E-state index contributed by atoms with van der Waals surface area (Å²) in [5, 5.41) is 17.7. The lowest BCUT2D eigenvalue weighted by atomic mass is 10.0. The number of hydrogen-bond acceptors (Lipinski definition) is 2. The predicted octanol–water partition coefficient (Wildman–Crippen LogP) is 2.92. The lowest BCUT2D eigenvalue weighted by molar-refractivity contribution is -0.143. The van der Waals surface area contributed by atoms with E-state index in [1.165, 1.54) is 0 Å². The van der Waals surface area contributed by atoms with Crippen LogP contribution in [-0.4, -0.2) is 10.2 Å². The van der Waals surface area contributed by atoms with E-state index in [2.05, 4.69) is 0 Å². The Bertz CT molecular complexity index is 421. The van der Waals surface area contributed by atoms with E-state index < -0.39 is 41.4 Å². The topological polar surface area (TPSA) is 40.5 Å². The fraction of sp³-hybridized carbons (Fsp3) is 0.333. The lowest BCUT2D eigenvalue weighted by Crippen LogP contribution is -2.13. The van der Waals surface area contributed by atoms with Gasteiger partial charge in [-0.3, -0.25) is 0 Å². The molecule has 0 bridgehead atoms. The van der Waals surface area contributed by atoms with Crippen molar-refractivity contribution < 1.29 is 36.6 Å². The quantitative estimate of drug-likeness (QED) is 0.762. The highest BCUT2D eigenvalue weighted by Crippen LogP contribution is 2.42. The Morgan fingerprint density at radius 1 is 0.882 bits per heavy atom. The molecule has 0 atom stereocenters. The fourth-order valence-corrected chi connectivity index (χ4v) is 1.29. The monoisotopic (exact) mass is 260 g/mol. The van der Waals surface area contributed by atoms with Gasteiger partial charge >= 0.3 is 12.4 Å². The van der Waals surface area contributed by atoms with Crippen molar-refractivity contribution in [1.82, 2.24) is 0 Å². The summed E-state index contributed by atoms with van der Waals surface area (Å²) in [6.07, 6.45) is -9.93. The Balaban J connectivity index is 3.49. The molecule has 0 aliphatic heterocycles. The third-order valence-electron chi connectivity index (χ3n) is 2.05. The number of rotatable bonds is 1. The summed E-state index contributed by atoms with van der Waals surface area (Å²) >= 11 is 0. The third kappa shape index (κ3) is 2.63. The van der Waals surface area contributed by atoms with Crippen LogP contribution < -0.4 is 0 Å². The first-order chi connectivity index (χ1) is 7.59. The average Bonchev–Trinajstić information content (AvgIpc) is 2.13. The van der Waals surface area contributed by atoms with Crippen molar-refractivity contribution in [2.75, 3.05) is 0 Å². The average molecular weight is 260 g/mol. The van der Waals surface area contributed by atoms with Gasteiger partial charge in [-0.1, -0.05) is 0 Å². The zero-order valence-electron chi connectivity index (χ0n) is 8.02. The van der Waals surface area contributed by atoms with Crippen LogP contribution in [0.15, 0.2) is 12.1 Å². The van der Waals surface area contributed by atoms with Crippen molar-refractivity contribution in [2.24, 2.45) is 0 Å². The fourth-order valence-electron chi connectivity index (χ4n) is 1.29. The number of alkyl halides is 6. The Kier molecular flexibility index (Phi) is 3.28. The second-order valence-corrected chi connectivity index (χ2v) is 3.14. The van der Waals surface area contributed by atoms with Crippen LogP contribution in [-0.2, 0) is 19.0 Å². The molecule has 1 rings (SSSR count). The summed E-state index contributed by atoms with van der Waals surface area (Å²) in [7, 11) is 0. The first kappa shape index (κ1) is 13.6. The number of hydrogen-bond donors (Lipinski definition) is 2. The van der Waals surface area contributed by atoms with Crippen LogP contribution in [0.3, 0.4) is 0 Å². The second kappa shape index (κ2) is 4.10. The third-order valence-corrected chi connectivity index (χ3v) is 2.05. The summed E-state index contributed by atoms with van der Waals surface area (Å²) < 4.78 is 73.8. The minimum atomic E-state index is -4.99. The van der Waals surface area contributed by atoms with Crippen LogP contribution in [0.2, 0.25) is 0 Å². The molecule has 17 heavy (non-hydrogen) atoms. The van der Waals surface area contributed by atoms with E-state index in [-0.39, 0.29) is 12.1 Å². The van der Waals surface area contributed by atoms with Crippen molar-refractivity contribution in [2.45, 2.75) is 19.0 Å². The highest BCUT2D eigenvalue weighted by Gasteiger charge is 2.40. The number of aliphatic hydroxyl groups excluding tert-OH is 1. The zero-order chi connectivity index (χ0) is 13.4. The van der Waals surface area contributed by atoms with Gasteiger partial charge in [0, 0.05) is 5.56 Å². The van der Waals surface area contributed by atoms with E-state index in [9.17, 15) is 26.3 Å². The maximum absolute atomic E-state index is 12.3. The van der Waals surface area contributed by atoms with Crippen molar-refractivity contribution in [3.05, 3.63) is 28.8 Å². The molecule has 0 saturated heterocycles. The molecule has 96 valence electrons. The molecule has 2 nitrogen and oxygen atoms in total. The number of halogens is 6. The number of aromatic hydroxyl groups is 1. The Morgan fingerprint density at radius 3 is 1.65 bits per heavy atom. The molecular formula is C9H6F6O2. The lowest BCUT2D eigenvalue weighted by Gasteiger charge is -2.16. The van der Waals surface area contributed by atoms with Crippen LogP contribution in [0, 0.1) is 0 Å². The minimum Gasteiger partial charge on any atom is -0.507 e. The van der Waals surface area contributed by atoms with Gasteiger partial charge in [-0.15, -0.1) is 0 Å². The molecular weight excluding hydrogens is 254 g/mol. The highest BCUT2D eigenvalue weighted by molar-refractivity contribution is 5.47. The van der Waals surface area contributed by atoms with Gasteiger partial charge in [0.05, 0.1) is 17.7 Å². The van der Waals surface area contributed by atoms with E-state index in [0.717, 1.165) is 0 Å². The largest absolute Gasteiger partial charge is 0.507 e. The standard InChI is InChI=1S/C9H6F6O2/c10-8(11,12)5-1-2-6(9(13,14)15)7(17)4(5)3-16/h1-2,16-17H,3H2. The molecule has 0 radical (unpaired) electrons. The molecule has 0 heterocycles. The van der Waals surface area contributed by atoms with Gasteiger partial charge in [0.2, 0.25) is 0 Å². The highest BCUT2D eigenvalue weighted by atomic mass is 19.4. The SMILES string of the molecule is OCc1c(C(F)(F)F)ccc(C(F)(F)F)c1O. The minimum absolute atomic E-state index is 0.122. The van der Waals surface area contributed by atoms with E-state index in [1.54, 1.807) is 0 Å². The molecule has 0 saturated carbocycles. The Hall–Kier alpha value is -1.44. The number of phenols is 1. The maximum Gasteiger partial charge on any atom is 0.419 e. The van der Waals surface area contributed by atoms with E-state index in [4.69, 9.17) is 10.2 Å². The van der Waals surface area contributed by atoms with Crippen LogP contribution in [0.1, 0.15) is 16.7 Å². The molecule has 0 spiro atoms. The summed E-state index contributed by atoms with van der Waals surface area (Å²) in [6, 6.07) is 0.297. The van der Waals surface area contributed by atoms with Crippen molar-refractivity contribution >= 4 is 0 Å². The summed E-state index contributed by atoms with van der Waals surface area (Å²) in [5.74, 6) is -1.60. The number of aliphatic hydroxyl groups is 1. The van der Waals surface area contributed by atoms with Crippen molar-refractivity contribution in [1.29, 1.82) is 0 Å². The maximum atomic E-state index is 12.3. The van der Waals surface area contributed by atoms with Gasteiger partial charge in [-0.05, 0) is 12.1 Å². The first-order valence-corrected chi connectivity index (χ1v) is 4.19. The van der Waals surface area contributed by atoms with Crippen molar-refractivity contribution in [3.63, 3.8) is 0 Å². The molecule has 8 heteroatoms. The summed E-state index contributed by atoms with van der Waals surface area (Å²) in [4.78, 5) is 0. The first-order valence-electron chi connectivity index (χ1n) is 4.19. The van der Waals surface area contributed by atoms with Gasteiger partial charge in [0.25, 0.3) is 0 Å². The molecule has 2 N–H and O–H groups in total. The van der Waals surface area contributed by atoms with Crippen LogP contribution in [0.25, 0.3) is 0 Å². The van der Waals surface area contributed by atoms with Crippen molar-refractivity contribution in [3.8, 4) is 5.75 Å². The van der Waals surface area contributed by atoms with Crippen LogP contribution in [0.4, 0.5) is 26.3 Å². The Labute approximate surface area is 91.1 Å². The predicted molar refractivity (Wildman–Crippen MR) is 44.0 cm³/mol. The number of benzene rings is 1. The molecule has 0 fully saturated rings. The Morgan fingerprint density at radius 2 is 1.29 bits per heavy atom. The molecule has 0 amide bonds. The van der Waals surface area contributed by atoms with Gasteiger partial charge in [-0.25, -0.2) is 0 Å². The molecule has 0 unspecified atom stereocenters. The molecule has 0 aromatic heterocycles. The molecule has 1 aromatic rings. The second-order valence-electron chi connectivity index (χ2n) is 3.14. The van der Waals surface area contributed by atoms with Gasteiger partial charge in [-0.2, -0.15) is 26.3 Å². The zero-order valence-corrected chi connectivity index (χ0v) is 8.02. The normalized spacial score (nSPS) is 12.9.